The molecule has 1 aromatic heterocycles. The highest BCUT2D eigenvalue weighted by molar-refractivity contribution is 5.94. The van der Waals surface area contributed by atoms with E-state index in [0.717, 1.165) is 36.1 Å². The molecule has 1 aliphatic heterocycles. The zero-order chi connectivity index (χ0) is 13.9. The van der Waals surface area contributed by atoms with Crippen LogP contribution < -0.4 is 10.6 Å². The predicted molar refractivity (Wildman–Crippen MR) is 80.4 cm³/mol. The maximum Gasteiger partial charge on any atom is 0.103 e. The van der Waals surface area contributed by atoms with Crippen molar-refractivity contribution in [3.05, 3.63) is 36.0 Å². The van der Waals surface area contributed by atoms with E-state index in [2.05, 4.69) is 16.0 Å². The number of aromatic nitrogens is 1. The van der Waals surface area contributed by atoms with Crippen LogP contribution in [0.25, 0.3) is 10.9 Å². The molecule has 4 heteroatoms. The molecule has 0 bridgehead atoms. The van der Waals surface area contributed by atoms with Crippen LogP contribution in [0.5, 0.6) is 0 Å². The summed E-state index contributed by atoms with van der Waals surface area (Å²) in [5.74, 6) is 0.516. The van der Waals surface area contributed by atoms with Crippen molar-refractivity contribution in [2.24, 2.45) is 11.7 Å². The molecule has 0 amide bonds. The molecule has 1 aliphatic rings. The van der Waals surface area contributed by atoms with Gasteiger partial charge < -0.3 is 10.6 Å². The molecule has 2 N–H and O–H groups in total. The highest BCUT2D eigenvalue weighted by Gasteiger charge is 2.22. The molecular formula is C16H18N4. The Kier molecular flexibility index (Phi) is 3.53. The third-order valence-electron chi connectivity index (χ3n) is 4.04. The zero-order valence-electron chi connectivity index (χ0n) is 11.4. The van der Waals surface area contributed by atoms with Gasteiger partial charge in [0.05, 0.1) is 16.8 Å². The zero-order valence-corrected chi connectivity index (χ0v) is 11.4. The number of anilines is 1. The van der Waals surface area contributed by atoms with Crippen LogP contribution in [0.4, 0.5) is 5.69 Å². The van der Waals surface area contributed by atoms with Gasteiger partial charge in [0, 0.05) is 24.7 Å². The summed E-state index contributed by atoms with van der Waals surface area (Å²) in [4.78, 5) is 6.68. The van der Waals surface area contributed by atoms with Gasteiger partial charge in [-0.25, -0.2) is 0 Å². The van der Waals surface area contributed by atoms with Crippen molar-refractivity contribution in [1.82, 2.24) is 4.98 Å². The quantitative estimate of drug-likeness (QED) is 0.905. The first-order chi connectivity index (χ1) is 9.83. The van der Waals surface area contributed by atoms with E-state index in [-0.39, 0.29) is 0 Å². The lowest BCUT2D eigenvalue weighted by molar-refractivity contribution is 0.424. The Morgan fingerprint density at radius 2 is 2.25 bits per heavy atom. The minimum Gasteiger partial charge on any atom is -0.370 e. The van der Waals surface area contributed by atoms with Gasteiger partial charge >= 0.3 is 0 Å². The van der Waals surface area contributed by atoms with E-state index in [4.69, 9.17) is 5.73 Å². The lowest BCUT2D eigenvalue weighted by Crippen LogP contribution is -2.38. The molecule has 1 fully saturated rings. The van der Waals surface area contributed by atoms with E-state index in [1.165, 1.54) is 6.42 Å². The Morgan fingerprint density at radius 3 is 3.05 bits per heavy atom. The number of benzene rings is 1. The number of rotatable bonds is 2. The molecule has 3 rings (SSSR count). The number of fused-ring (bicyclic) bond motifs is 1. The van der Waals surface area contributed by atoms with Gasteiger partial charge in [0.25, 0.3) is 0 Å². The third kappa shape index (κ3) is 2.21. The first-order valence-corrected chi connectivity index (χ1v) is 7.06. The van der Waals surface area contributed by atoms with E-state index in [0.29, 0.717) is 18.0 Å². The smallest absolute Gasteiger partial charge is 0.103 e. The van der Waals surface area contributed by atoms with E-state index in [1.807, 2.05) is 24.3 Å². The second-order valence-corrected chi connectivity index (χ2v) is 5.34. The molecule has 0 radical (unpaired) electrons. The van der Waals surface area contributed by atoms with Crippen LogP contribution in [0, 0.1) is 17.2 Å². The number of piperidine rings is 1. The Hall–Kier alpha value is -2.12. The van der Waals surface area contributed by atoms with Crippen molar-refractivity contribution >= 4 is 16.6 Å². The van der Waals surface area contributed by atoms with Gasteiger partial charge in [-0.1, -0.05) is 18.2 Å². The van der Waals surface area contributed by atoms with Gasteiger partial charge in [0.2, 0.25) is 0 Å². The van der Waals surface area contributed by atoms with E-state index in [1.54, 1.807) is 6.20 Å². The summed E-state index contributed by atoms with van der Waals surface area (Å²) >= 11 is 0. The van der Waals surface area contributed by atoms with Crippen LogP contribution in [0.15, 0.2) is 30.5 Å². The minimum absolute atomic E-state index is 0.516. The fraction of sp³-hybridized carbons (Fsp3) is 0.375. The molecule has 1 aromatic carbocycles. The Balaban J connectivity index is 2.11. The molecule has 20 heavy (non-hydrogen) atoms. The molecular weight excluding hydrogens is 248 g/mol. The highest BCUT2D eigenvalue weighted by Crippen LogP contribution is 2.32. The summed E-state index contributed by atoms with van der Waals surface area (Å²) in [7, 11) is 0. The standard InChI is InChI=1S/C16H18N4/c17-8-12-4-3-7-20(11-12)16-13(9-18)10-19-15-6-2-1-5-14(15)16/h1-2,5-6,10,12H,3-4,7-8,11,17H2. The van der Waals surface area contributed by atoms with Gasteiger partial charge in [-0.2, -0.15) is 5.26 Å². The largest absolute Gasteiger partial charge is 0.370 e. The first kappa shape index (κ1) is 12.9. The van der Waals surface area contributed by atoms with Crippen LogP contribution >= 0.6 is 0 Å². The number of nitriles is 1. The van der Waals surface area contributed by atoms with Crippen LogP contribution in [0.2, 0.25) is 0 Å². The molecule has 102 valence electrons. The average Bonchev–Trinajstić information content (AvgIpc) is 2.53. The molecule has 1 unspecified atom stereocenters. The van der Waals surface area contributed by atoms with Crippen molar-refractivity contribution in [2.75, 3.05) is 24.5 Å². The van der Waals surface area contributed by atoms with Gasteiger partial charge in [-0.3, -0.25) is 4.98 Å². The number of hydrogen-bond acceptors (Lipinski definition) is 4. The number of pyridine rings is 1. The van der Waals surface area contributed by atoms with Crippen molar-refractivity contribution in [3.63, 3.8) is 0 Å². The highest BCUT2D eigenvalue weighted by atomic mass is 15.1. The first-order valence-electron chi connectivity index (χ1n) is 7.06. The van der Waals surface area contributed by atoms with E-state index >= 15 is 0 Å². The number of nitrogens with zero attached hydrogens (tertiary/aromatic N) is 3. The Bertz CT molecular complexity index is 659. The van der Waals surface area contributed by atoms with Gasteiger partial charge in [-0.05, 0) is 31.4 Å². The van der Waals surface area contributed by atoms with E-state index < -0.39 is 0 Å². The van der Waals surface area contributed by atoms with Gasteiger partial charge in [0.1, 0.15) is 6.07 Å². The summed E-state index contributed by atoms with van der Waals surface area (Å²) < 4.78 is 0. The molecule has 1 atom stereocenters. The monoisotopic (exact) mass is 266 g/mol. The fourth-order valence-corrected chi connectivity index (χ4v) is 3.01. The molecule has 0 saturated carbocycles. The maximum atomic E-state index is 9.39. The summed E-state index contributed by atoms with van der Waals surface area (Å²) in [5.41, 5.74) is 8.44. The number of hydrogen-bond donors (Lipinski definition) is 1. The number of nitrogens with two attached hydrogens (primary N) is 1. The molecule has 4 nitrogen and oxygen atoms in total. The van der Waals surface area contributed by atoms with Crippen LogP contribution in [-0.4, -0.2) is 24.6 Å². The third-order valence-corrected chi connectivity index (χ3v) is 4.04. The maximum absolute atomic E-state index is 9.39. The second-order valence-electron chi connectivity index (χ2n) is 5.34. The van der Waals surface area contributed by atoms with Gasteiger partial charge in [-0.15, -0.1) is 0 Å². The fourth-order valence-electron chi connectivity index (χ4n) is 3.01. The lowest BCUT2D eigenvalue weighted by atomic mass is 9.96. The molecule has 2 heterocycles. The molecule has 0 spiro atoms. The summed E-state index contributed by atoms with van der Waals surface area (Å²) in [6, 6.07) is 10.3. The topological polar surface area (TPSA) is 65.9 Å². The van der Waals surface area contributed by atoms with Crippen molar-refractivity contribution in [3.8, 4) is 6.07 Å². The SMILES string of the molecule is N#Cc1cnc2ccccc2c1N1CCCC(CN)C1. The van der Waals surface area contributed by atoms with Crippen molar-refractivity contribution in [1.29, 1.82) is 5.26 Å². The summed E-state index contributed by atoms with van der Waals surface area (Å²) in [6.45, 7) is 2.62. The van der Waals surface area contributed by atoms with Crippen molar-refractivity contribution < 1.29 is 0 Å². The summed E-state index contributed by atoms with van der Waals surface area (Å²) in [5, 5.41) is 10.4. The average molecular weight is 266 g/mol. The van der Waals surface area contributed by atoms with Crippen LogP contribution in [0.3, 0.4) is 0 Å². The Morgan fingerprint density at radius 1 is 1.40 bits per heavy atom. The number of para-hydroxylation sites is 1. The van der Waals surface area contributed by atoms with Crippen molar-refractivity contribution in [2.45, 2.75) is 12.8 Å². The van der Waals surface area contributed by atoms with Crippen LogP contribution in [-0.2, 0) is 0 Å². The minimum atomic E-state index is 0.516. The summed E-state index contributed by atoms with van der Waals surface area (Å²) in [6.07, 6.45) is 3.99. The van der Waals surface area contributed by atoms with Gasteiger partial charge in [0.15, 0.2) is 0 Å². The molecule has 1 saturated heterocycles. The van der Waals surface area contributed by atoms with E-state index in [9.17, 15) is 5.26 Å². The second kappa shape index (κ2) is 5.48. The molecule has 2 aromatic rings. The normalized spacial score (nSPS) is 19.0. The molecule has 0 aliphatic carbocycles. The predicted octanol–water partition coefficient (Wildman–Crippen LogP) is 2.28. The lowest BCUT2D eigenvalue weighted by Gasteiger charge is -2.35. The Labute approximate surface area is 118 Å². The van der Waals surface area contributed by atoms with Crippen LogP contribution in [0.1, 0.15) is 18.4 Å².